The van der Waals surface area contributed by atoms with E-state index in [2.05, 4.69) is 5.32 Å². The molecule has 1 aliphatic heterocycles. The first-order chi connectivity index (χ1) is 9.65. The predicted molar refractivity (Wildman–Crippen MR) is 78.2 cm³/mol. The number of carbonyl (C=O) groups is 2. The van der Waals surface area contributed by atoms with Gasteiger partial charge in [0.05, 0.1) is 11.3 Å². The summed E-state index contributed by atoms with van der Waals surface area (Å²) in [6, 6.07) is 13.8. The molecular weight excluding hydrogens is 276 g/mol. The Kier molecular flexibility index (Phi) is 3.16. The van der Waals surface area contributed by atoms with Crippen LogP contribution in [0, 0.1) is 0 Å². The SMILES string of the molecule is O=C1CN(c2ccc(Cl)cc2)C(=O)c2ccccc2N1. The number of nitrogens with zero attached hydrogens (tertiary/aromatic N) is 1. The van der Waals surface area contributed by atoms with Crippen molar-refractivity contribution >= 4 is 34.8 Å². The van der Waals surface area contributed by atoms with Crippen molar-refractivity contribution in [3.8, 4) is 0 Å². The van der Waals surface area contributed by atoms with Crippen LogP contribution in [0.2, 0.25) is 5.02 Å². The summed E-state index contributed by atoms with van der Waals surface area (Å²) in [6.07, 6.45) is 0. The lowest BCUT2D eigenvalue weighted by atomic mass is 10.1. The fourth-order valence-corrected chi connectivity index (χ4v) is 2.28. The summed E-state index contributed by atoms with van der Waals surface area (Å²) in [4.78, 5) is 25.9. The number of para-hydroxylation sites is 1. The van der Waals surface area contributed by atoms with Crippen molar-refractivity contribution < 1.29 is 9.59 Å². The van der Waals surface area contributed by atoms with Gasteiger partial charge in [-0.05, 0) is 36.4 Å². The summed E-state index contributed by atoms with van der Waals surface area (Å²) in [5, 5.41) is 3.32. The summed E-state index contributed by atoms with van der Waals surface area (Å²) in [5.41, 5.74) is 1.67. The molecule has 0 saturated carbocycles. The van der Waals surface area contributed by atoms with E-state index in [0.29, 0.717) is 22.0 Å². The normalized spacial score (nSPS) is 14.6. The summed E-state index contributed by atoms with van der Waals surface area (Å²) >= 11 is 5.85. The summed E-state index contributed by atoms with van der Waals surface area (Å²) in [5.74, 6) is -0.431. The molecule has 0 aliphatic carbocycles. The molecule has 3 rings (SSSR count). The minimum atomic E-state index is -0.224. The number of rotatable bonds is 1. The average molecular weight is 287 g/mol. The van der Waals surface area contributed by atoms with Crippen LogP contribution in [0.5, 0.6) is 0 Å². The second-order valence-corrected chi connectivity index (χ2v) is 4.90. The van der Waals surface area contributed by atoms with E-state index in [0.717, 1.165) is 0 Å². The van der Waals surface area contributed by atoms with Gasteiger partial charge in [0.2, 0.25) is 5.91 Å². The second-order valence-electron chi connectivity index (χ2n) is 4.46. The maximum atomic E-state index is 12.6. The van der Waals surface area contributed by atoms with Gasteiger partial charge in [-0.15, -0.1) is 0 Å². The summed E-state index contributed by atoms with van der Waals surface area (Å²) in [7, 11) is 0. The molecular formula is C15H11ClN2O2. The van der Waals surface area contributed by atoms with E-state index < -0.39 is 0 Å². The van der Waals surface area contributed by atoms with Gasteiger partial charge in [-0.2, -0.15) is 0 Å². The monoisotopic (exact) mass is 286 g/mol. The van der Waals surface area contributed by atoms with Gasteiger partial charge in [-0.1, -0.05) is 23.7 Å². The van der Waals surface area contributed by atoms with Crippen LogP contribution in [-0.4, -0.2) is 18.4 Å². The number of halogens is 1. The van der Waals surface area contributed by atoms with Gasteiger partial charge in [0.1, 0.15) is 6.54 Å². The van der Waals surface area contributed by atoms with Gasteiger partial charge in [-0.25, -0.2) is 0 Å². The van der Waals surface area contributed by atoms with Crippen molar-refractivity contribution in [2.75, 3.05) is 16.8 Å². The van der Waals surface area contributed by atoms with Crippen molar-refractivity contribution in [2.45, 2.75) is 0 Å². The second kappa shape index (κ2) is 4.98. The third-order valence-electron chi connectivity index (χ3n) is 3.12. The Morgan fingerprint density at radius 1 is 1.00 bits per heavy atom. The molecule has 100 valence electrons. The quantitative estimate of drug-likeness (QED) is 0.876. The molecule has 2 aromatic carbocycles. The van der Waals surface area contributed by atoms with E-state index in [-0.39, 0.29) is 18.4 Å². The number of hydrogen-bond donors (Lipinski definition) is 1. The first-order valence-corrected chi connectivity index (χ1v) is 6.49. The zero-order chi connectivity index (χ0) is 14.1. The first kappa shape index (κ1) is 12.7. The Balaban J connectivity index is 2.06. The number of fused-ring (bicyclic) bond motifs is 1. The average Bonchev–Trinajstić information content (AvgIpc) is 2.57. The van der Waals surface area contributed by atoms with Crippen LogP contribution in [0.15, 0.2) is 48.5 Å². The minimum Gasteiger partial charge on any atom is -0.324 e. The van der Waals surface area contributed by atoms with E-state index in [9.17, 15) is 9.59 Å². The molecule has 1 N–H and O–H groups in total. The van der Waals surface area contributed by atoms with Crippen LogP contribution in [0.25, 0.3) is 0 Å². The van der Waals surface area contributed by atoms with Gasteiger partial charge in [0.15, 0.2) is 0 Å². The Bertz CT molecular complexity index is 683. The molecule has 0 unspecified atom stereocenters. The number of amides is 2. The molecule has 1 heterocycles. The molecule has 0 fully saturated rings. The van der Waals surface area contributed by atoms with Gasteiger partial charge < -0.3 is 5.32 Å². The zero-order valence-electron chi connectivity index (χ0n) is 10.5. The smallest absolute Gasteiger partial charge is 0.260 e. The van der Waals surface area contributed by atoms with E-state index in [1.807, 2.05) is 0 Å². The maximum absolute atomic E-state index is 12.6. The molecule has 0 aromatic heterocycles. The number of benzene rings is 2. The molecule has 2 amide bonds. The molecule has 20 heavy (non-hydrogen) atoms. The van der Waals surface area contributed by atoms with Crippen LogP contribution in [0.1, 0.15) is 10.4 Å². The predicted octanol–water partition coefficient (Wildman–Crippen LogP) is 2.94. The lowest BCUT2D eigenvalue weighted by molar-refractivity contribution is -0.114. The fourth-order valence-electron chi connectivity index (χ4n) is 2.16. The van der Waals surface area contributed by atoms with Crippen molar-refractivity contribution in [1.82, 2.24) is 0 Å². The highest BCUT2D eigenvalue weighted by Crippen LogP contribution is 2.25. The summed E-state index contributed by atoms with van der Waals surface area (Å²) in [6.45, 7) is -0.0187. The Labute approximate surface area is 121 Å². The number of hydrogen-bond acceptors (Lipinski definition) is 2. The van der Waals surface area contributed by atoms with Gasteiger partial charge in [0.25, 0.3) is 5.91 Å². The number of nitrogens with one attached hydrogen (secondary N) is 1. The molecule has 0 atom stereocenters. The van der Waals surface area contributed by atoms with Crippen LogP contribution < -0.4 is 10.2 Å². The Morgan fingerprint density at radius 2 is 1.70 bits per heavy atom. The molecule has 0 spiro atoms. The van der Waals surface area contributed by atoms with Crippen LogP contribution in [0.3, 0.4) is 0 Å². The van der Waals surface area contributed by atoms with Crippen LogP contribution >= 0.6 is 11.6 Å². The van der Waals surface area contributed by atoms with E-state index in [1.54, 1.807) is 48.5 Å². The fraction of sp³-hybridized carbons (Fsp3) is 0.0667. The van der Waals surface area contributed by atoms with Crippen molar-refractivity contribution in [1.29, 1.82) is 0 Å². The van der Waals surface area contributed by atoms with Gasteiger partial charge >= 0.3 is 0 Å². The van der Waals surface area contributed by atoms with Gasteiger partial charge in [0, 0.05) is 10.7 Å². The topological polar surface area (TPSA) is 49.4 Å². The van der Waals surface area contributed by atoms with Crippen LogP contribution in [-0.2, 0) is 4.79 Å². The third-order valence-corrected chi connectivity index (χ3v) is 3.37. The molecule has 0 bridgehead atoms. The molecule has 4 nitrogen and oxygen atoms in total. The maximum Gasteiger partial charge on any atom is 0.260 e. The summed E-state index contributed by atoms with van der Waals surface area (Å²) < 4.78 is 0. The Morgan fingerprint density at radius 3 is 2.45 bits per heavy atom. The van der Waals surface area contributed by atoms with Crippen LogP contribution in [0.4, 0.5) is 11.4 Å². The molecule has 2 aromatic rings. The van der Waals surface area contributed by atoms with E-state index in [4.69, 9.17) is 11.6 Å². The number of carbonyl (C=O) groups excluding carboxylic acids is 2. The Hall–Kier alpha value is -2.33. The molecule has 1 aliphatic rings. The third kappa shape index (κ3) is 2.26. The highest BCUT2D eigenvalue weighted by atomic mass is 35.5. The van der Waals surface area contributed by atoms with Crippen molar-refractivity contribution in [2.24, 2.45) is 0 Å². The first-order valence-electron chi connectivity index (χ1n) is 6.11. The molecule has 0 saturated heterocycles. The van der Waals surface area contributed by atoms with Crippen molar-refractivity contribution in [3.05, 3.63) is 59.1 Å². The standard InChI is InChI=1S/C15H11ClN2O2/c16-10-5-7-11(8-6-10)18-9-14(19)17-13-4-2-1-3-12(13)15(18)20/h1-8H,9H2,(H,17,19). The van der Waals surface area contributed by atoms with Gasteiger partial charge in [-0.3, -0.25) is 14.5 Å². The largest absolute Gasteiger partial charge is 0.324 e. The highest BCUT2D eigenvalue weighted by molar-refractivity contribution is 6.30. The number of anilines is 2. The molecule has 5 heteroatoms. The molecule has 0 radical (unpaired) electrons. The van der Waals surface area contributed by atoms with E-state index in [1.165, 1.54) is 4.90 Å². The van der Waals surface area contributed by atoms with E-state index >= 15 is 0 Å². The lowest BCUT2D eigenvalue weighted by Gasteiger charge is -2.19. The minimum absolute atomic E-state index is 0.0187. The zero-order valence-corrected chi connectivity index (χ0v) is 11.2. The van der Waals surface area contributed by atoms with Crippen molar-refractivity contribution in [3.63, 3.8) is 0 Å². The lowest BCUT2D eigenvalue weighted by Crippen LogP contribution is -2.34. The highest BCUT2D eigenvalue weighted by Gasteiger charge is 2.26.